The Balaban J connectivity index is 2.42. The maximum absolute atomic E-state index is 13.4. The molecule has 0 fully saturated rings. The molecule has 0 bridgehead atoms. The first-order valence-corrected chi connectivity index (χ1v) is 6.09. The number of anilines is 1. The van der Waals surface area contributed by atoms with Crippen LogP contribution in [0.25, 0.3) is 0 Å². The Labute approximate surface area is 112 Å². The lowest BCUT2D eigenvalue weighted by molar-refractivity contribution is -0.632. The normalized spacial score (nSPS) is 9.94. The SMILES string of the molecule is CNC(=O)C[NH2+]CC(=O)Nc1ccc(Br)cc1F. The summed E-state index contributed by atoms with van der Waals surface area (Å²) in [4.78, 5) is 22.4. The molecule has 98 valence electrons. The summed E-state index contributed by atoms with van der Waals surface area (Å²) in [5.41, 5.74) is 0.122. The maximum Gasteiger partial charge on any atom is 0.279 e. The summed E-state index contributed by atoms with van der Waals surface area (Å²) in [6.07, 6.45) is 0. The fraction of sp³-hybridized carbons (Fsp3) is 0.273. The van der Waals surface area contributed by atoms with Crippen LogP contribution in [0.5, 0.6) is 0 Å². The number of carbonyl (C=O) groups excluding carboxylic acids is 2. The topological polar surface area (TPSA) is 74.8 Å². The molecule has 2 amide bonds. The average molecular weight is 319 g/mol. The molecule has 18 heavy (non-hydrogen) atoms. The van der Waals surface area contributed by atoms with Gasteiger partial charge < -0.3 is 16.0 Å². The molecule has 0 aliphatic carbocycles. The monoisotopic (exact) mass is 318 g/mol. The van der Waals surface area contributed by atoms with Crippen molar-refractivity contribution in [2.75, 3.05) is 25.5 Å². The van der Waals surface area contributed by atoms with Gasteiger partial charge >= 0.3 is 0 Å². The first-order valence-electron chi connectivity index (χ1n) is 5.30. The Morgan fingerprint density at radius 1 is 1.33 bits per heavy atom. The van der Waals surface area contributed by atoms with E-state index in [4.69, 9.17) is 0 Å². The third-order valence-corrected chi connectivity index (χ3v) is 2.64. The number of amides is 2. The summed E-state index contributed by atoms with van der Waals surface area (Å²) in [6.45, 7) is 0.218. The second-order valence-electron chi connectivity index (χ2n) is 3.54. The molecule has 1 aromatic rings. The van der Waals surface area contributed by atoms with Gasteiger partial charge in [0.05, 0.1) is 5.69 Å². The quantitative estimate of drug-likeness (QED) is 0.705. The molecule has 0 heterocycles. The van der Waals surface area contributed by atoms with Crippen LogP contribution in [0.2, 0.25) is 0 Å². The molecule has 0 aliphatic rings. The molecular weight excluding hydrogens is 305 g/mol. The molecule has 0 radical (unpaired) electrons. The largest absolute Gasteiger partial charge is 0.354 e. The van der Waals surface area contributed by atoms with Crippen LogP contribution in [-0.2, 0) is 9.59 Å². The smallest absolute Gasteiger partial charge is 0.279 e. The standard InChI is InChI=1S/C11H13BrFN3O2/c1-14-10(17)5-15-6-11(18)16-9-3-2-7(12)4-8(9)13/h2-4,15H,5-6H2,1H3,(H,14,17)(H,16,18)/p+1. The minimum absolute atomic E-state index is 0.0585. The van der Waals surface area contributed by atoms with Gasteiger partial charge in [-0.05, 0) is 18.2 Å². The number of nitrogens with two attached hydrogens (primary N) is 1. The van der Waals surface area contributed by atoms with Crippen LogP contribution in [0.3, 0.4) is 0 Å². The first kappa shape index (κ1) is 14.6. The summed E-state index contributed by atoms with van der Waals surface area (Å²) in [5, 5.41) is 6.40. The molecule has 4 N–H and O–H groups in total. The predicted octanol–water partition coefficient (Wildman–Crippen LogP) is -0.164. The van der Waals surface area contributed by atoms with Gasteiger partial charge in [0, 0.05) is 11.5 Å². The number of nitrogens with one attached hydrogen (secondary N) is 2. The summed E-state index contributed by atoms with van der Waals surface area (Å²) < 4.78 is 14.0. The van der Waals surface area contributed by atoms with Crippen LogP contribution >= 0.6 is 15.9 Å². The van der Waals surface area contributed by atoms with Crippen molar-refractivity contribution in [2.24, 2.45) is 0 Å². The zero-order chi connectivity index (χ0) is 13.5. The molecule has 0 saturated heterocycles. The van der Waals surface area contributed by atoms with Crippen molar-refractivity contribution in [3.63, 3.8) is 0 Å². The van der Waals surface area contributed by atoms with Crippen LogP contribution < -0.4 is 16.0 Å². The third-order valence-electron chi connectivity index (χ3n) is 2.14. The molecule has 1 aromatic carbocycles. The molecular formula is C11H14BrFN3O2+. The highest BCUT2D eigenvalue weighted by molar-refractivity contribution is 9.10. The number of hydrogen-bond donors (Lipinski definition) is 3. The Hall–Kier alpha value is -1.47. The molecule has 0 unspecified atom stereocenters. The van der Waals surface area contributed by atoms with E-state index in [0.29, 0.717) is 4.47 Å². The molecule has 5 nitrogen and oxygen atoms in total. The molecule has 1 rings (SSSR count). The van der Waals surface area contributed by atoms with Crippen molar-refractivity contribution in [3.8, 4) is 0 Å². The number of carbonyl (C=O) groups is 2. The van der Waals surface area contributed by atoms with Crippen LogP contribution in [0.4, 0.5) is 10.1 Å². The van der Waals surface area contributed by atoms with E-state index in [-0.39, 0.29) is 30.6 Å². The Bertz CT molecular complexity index is 454. The second kappa shape index (κ2) is 7.07. The van der Waals surface area contributed by atoms with E-state index in [1.807, 2.05) is 0 Å². The molecule has 0 aromatic heterocycles. The lowest BCUT2D eigenvalue weighted by atomic mass is 10.3. The number of likely N-dealkylation sites (N-methyl/N-ethyl adjacent to an activating group) is 1. The van der Waals surface area contributed by atoms with Crippen molar-refractivity contribution in [1.82, 2.24) is 5.32 Å². The van der Waals surface area contributed by atoms with E-state index in [0.717, 1.165) is 0 Å². The Morgan fingerprint density at radius 3 is 2.61 bits per heavy atom. The van der Waals surface area contributed by atoms with Crippen molar-refractivity contribution in [3.05, 3.63) is 28.5 Å². The fourth-order valence-corrected chi connectivity index (χ4v) is 1.56. The Morgan fingerprint density at radius 2 is 2.00 bits per heavy atom. The number of halogens is 2. The van der Waals surface area contributed by atoms with Gasteiger partial charge in [-0.2, -0.15) is 0 Å². The lowest BCUT2D eigenvalue weighted by Gasteiger charge is -2.06. The van der Waals surface area contributed by atoms with Gasteiger partial charge in [0.15, 0.2) is 13.1 Å². The minimum atomic E-state index is -0.510. The van der Waals surface area contributed by atoms with Crippen LogP contribution in [0.15, 0.2) is 22.7 Å². The molecule has 0 atom stereocenters. The van der Waals surface area contributed by atoms with E-state index in [1.54, 1.807) is 6.07 Å². The maximum atomic E-state index is 13.4. The Kier molecular flexibility index (Phi) is 5.73. The third kappa shape index (κ3) is 4.80. The molecule has 0 spiro atoms. The van der Waals surface area contributed by atoms with Gasteiger partial charge in [-0.1, -0.05) is 15.9 Å². The number of quaternary nitrogens is 1. The highest BCUT2D eigenvalue weighted by Gasteiger charge is 2.09. The van der Waals surface area contributed by atoms with Crippen molar-refractivity contribution in [1.29, 1.82) is 0 Å². The van der Waals surface area contributed by atoms with Crippen LogP contribution in [0.1, 0.15) is 0 Å². The van der Waals surface area contributed by atoms with Crippen molar-refractivity contribution in [2.45, 2.75) is 0 Å². The van der Waals surface area contributed by atoms with E-state index in [2.05, 4.69) is 26.6 Å². The molecule has 7 heteroatoms. The second-order valence-corrected chi connectivity index (χ2v) is 4.46. The zero-order valence-corrected chi connectivity index (χ0v) is 11.4. The minimum Gasteiger partial charge on any atom is -0.354 e. The highest BCUT2D eigenvalue weighted by atomic mass is 79.9. The van der Waals surface area contributed by atoms with Gasteiger partial charge in [-0.15, -0.1) is 0 Å². The lowest BCUT2D eigenvalue weighted by Crippen LogP contribution is -2.88. The summed E-state index contributed by atoms with van der Waals surface area (Å²) in [7, 11) is 1.52. The zero-order valence-electron chi connectivity index (χ0n) is 9.80. The predicted molar refractivity (Wildman–Crippen MR) is 68.5 cm³/mol. The van der Waals surface area contributed by atoms with E-state index >= 15 is 0 Å². The molecule has 0 saturated carbocycles. The highest BCUT2D eigenvalue weighted by Crippen LogP contribution is 2.18. The average Bonchev–Trinajstić information content (AvgIpc) is 2.32. The van der Waals surface area contributed by atoms with Crippen LogP contribution in [-0.4, -0.2) is 32.0 Å². The van der Waals surface area contributed by atoms with E-state index < -0.39 is 5.82 Å². The summed E-state index contributed by atoms with van der Waals surface area (Å²) in [5.74, 6) is -1.04. The van der Waals surface area contributed by atoms with E-state index in [1.165, 1.54) is 24.5 Å². The van der Waals surface area contributed by atoms with E-state index in [9.17, 15) is 14.0 Å². The van der Waals surface area contributed by atoms with Crippen LogP contribution in [0, 0.1) is 5.82 Å². The number of hydrogen-bond acceptors (Lipinski definition) is 2. The van der Waals surface area contributed by atoms with Crippen molar-refractivity contribution < 1.29 is 19.3 Å². The van der Waals surface area contributed by atoms with Gasteiger partial charge in [0.2, 0.25) is 0 Å². The first-order chi connectivity index (χ1) is 8.52. The molecule has 0 aliphatic heterocycles. The van der Waals surface area contributed by atoms with Gasteiger partial charge in [-0.25, -0.2) is 4.39 Å². The van der Waals surface area contributed by atoms with Gasteiger partial charge in [-0.3, -0.25) is 9.59 Å². The summed E-state index contributed by atoms with van der Waals surface area (Å²) in [6, 6.07) is 4.37. The van der Waals surface area contributed by atoms with Gasteiger partial charge in [0.1, 0.15) is 5.82 Å². The fourth-order valence-electron chi connectivity index (χ4n) is 1.23. The summed E-state index contributed by atoms with van der Waals surface area (Å²) >= 11 is 3.12. The number of rotatable bonds is 5. The number of benzene rings is 1. The van der Waals surface area contributed by atoms with Gasteiger partial charge in [0.25, 0.3) is 11.8 Å². The van der Waals surface area contributed by atoms with Crippen molar-refractivity contribution >= 4 is 33.4 Å².